The van der Waals surface area contributed by atoms with Crippen molar-refractivity contribution in [2.24, 2.45) is 9.98 Å². The summed E-state index contributed by atoms with van der Waals surface area (Å²) in [5.41, 5.74) is 6.96. The second kappa shape index (κ2) is 11.0. The van der Waals surface area contributed by atoms with Crippen LogP contribution in [0, 0.1) is 0 Å². The molecule has 0 bridgehead atoms. The third-order valence-corrected chi connectivity index (χ3v) is 9.70. The van der Waals surface area contributed by atoms with Crippen molar-refractivity contribution in [3.05, 3.63) is 180 Å². The molecule has 10 rings (SSSR count). The molecule has 4 heteroatoms. The average Bonchev–Trinajstić information content (AvgIpc) is 3.56. The Morgan fingerprint density at radius 2 is 1.18 bits per heavy atom. The van der Waals surface area contributed by atoms with E-state index in [0.717, 1.165) is 55.6 Å². The molecule has 1 N–H and O–H groups in total. The quantitative estimate of drug-likeness (QED) is 0.197. The van der Waals surface area contributed by atoms with Crippen molar-refractivity contribution in [2.45, 2.75) is 6.17 Å². The van der Waals surface area contributed by atoms with Gasteiger partial charge in [0.25, 0.3) is 0 Å². The maximum absolute atomic E-state index is 6.54. The Kier molecular flexibility index (Phi) is 6.21. The van der Waals surface area contributed by atoms with Crippen LogP contribution in [-0.2, 0) is 0 Å². The Hall–Kier alpha value is -6.52. The molecule has 1 aliphatic rings. The summed E-state index contributed by atoms with van der Waals surface area (Å²) in [4.78, 5) is 10.4. The van der Waals surface area contributed by atoms with E-state index in [2.05, 4.69) is 139 Å². The van der Waals surface area contributed by atoms with Crippen molar-refractivity contribution < 1.29 is 4.42 Å². The molecule has 1 aromatic heterocycles. The number of nitrogens with one attached hydrogen (secondary N) is 1. The third-order valence-electron chi connectivity index (χ3n) is 9.70. The van der Waals surface area contributed by atoms with Gasteiger partial charge in [0.05, 0.1) is 0 Å². The van der Waals surface area contributed by atoms with E-state index < -0.39 is 0 Å². The normalized spacial score (nSPS) is 14.7. The number of furan rings is 1. The Balaban J connectivity index is 1.10. The number of amidine groups is 2. The first kappa shape index (κ1) is 27.6. The summed E-state index contributed by atoms with van der Waals surface area (Å²) in [5, 5.41) is 13.1. The maximum Gasteiger partial charge on any atom is 0.160 e. The average molecular weight is 628 g/mol. The minimum atomic E-state index is -0.308. The van der Waals surface area contributed by atoms with Gasteiger partial charge in [0, 0.05) is 21.9 Å². The number of aliphatic imine (C=N–C) groups is 2. The molecular weight excluding hydrogens is 599 g/mol. The van der Waals surface area contributed by atoms with Gasteiger partial charge in [0.15, 0.2) is 5.84 Å². The number of rotatable bonds is 4. The molecule has 1 atom stereocenters. The second-order valence-corrected chi connectivity index (χ2v) is 12.6. The van der Waals surface area contributed by atoms with Crippen molar-refractivity contribution in [3.63, 3.8) is 0 Å². The SMILES string of the molecule is c1ccc(C2=NC(c3cccc4oc5cc(-c6ccc7c(ccc8ccccc87)c6)ccc5c34)=NC(c3ccc4ccccc4c3)N2)cc1. The highest BCUT2D eigenvalue weighted by Crippen LogP contribution is 2.37. The number of fused-ring (bicyclic) bond motifs is 7. The number of hydrogen-bond donors (Lipinski definition) is 1. The fourth-order valence-electron chi connectivity index (χ4n) is 7.24. The number of benzene rings is 8. The van der Waals surface area contributed by atoms with Gasteiger partial charge in [-0.3, -0.25) is 0 Å². The summed E-state index contributed by atoms with van der Waals surface area (Å²) < 4.78 is 6.54. The Morgan fingerprint density at radius 3 is 2.08 bits per heavy atom. The first-order valence-corrected chi connectivity index (χ1v) is 16.6. The van der Waals surface area contributed by atoms with Gasteiger partial charge in [-0.15, -0.1) is 0 Å². The van der Waals surface area contributed by atoms with E-state index in [0.29, 0.717) is 5.84 Å². The molecule has 230 valence electrons. The summed E-state index contributed by atoms with van der Waals surface area (Å²) in [6.07, 6.45) is -0.308. The van der Waals surface area contributed by atoms with Crippen LogP contribution < -0.4 is 5.32 Å². The molecule has 8 aromatic carbocycles. The van der Waals surface area contributed by atoms with Gasteiger partial charge in [-0.1, -0.05) is 133 Å². The minimum Gasteiger partial charge on any atom is -0.456 e. The Bertz CT molecular complexity index is 2810. The smallest absolute Gasteiger partial charge is 0.160 e. The summed E-state index contributed by atoms with van der Waals surface area (Å²) in [5.74, 6) is 1.47. The maximum atomic E-state index is 6.54. The molecule has 4 nitrogen and oxygen atoms in total. The standard InChI is InChI=1S/C45H29N3O/c1-2-11-30(12-3-1)43-46-44(35-20-17-28-9-4-5-13-31(28)26-35)48-45(47-43)39-15-8-16-40-42(39)38-24-22-33(27-41(38)49-40)32-21-23-37-34(25-32)19-18-29-10-6-7-14-36(29)37/h1-27,44H,(H,46,47,48). The fraction of sp³-hybridized carbons (Fsp3) is 0.0222. The highest BCUT2D eigenvalue weighted by molar-refractivity contribution is 6.22. The van der Waals surface area contributed by atoms with E-state index in [1.807, 2.05) is 30.3 Å². The lowest BCUT2D eigenvalue weighted by atomic mass is 9.96. The van der Waals surface area contributed by atoms with Crippen molar-refractivity contribution in [3.8, 4) is 11.1 Å². The lowest BCUT2D eigenvalue weighted by Gasteiger charge is -2.24. The number of hydrogen-bond acceptors (Lipinski definition) is 4. The summed E-state index contributed by atoms with van der Waals surface area (Å²) in [6.45, 7) is 0. The second-order valence-electron chi connectivity index (χ2n) is 12.6. The van der Waals surface area contributed by atoms with Crippen LogP contribution >= 0.6 is 0 Å². The molecule has 0 radical (unpaired) electrons. The van der Waals surface area contributed by atoms with Crippen molar-refractivity contribution in [1.82, 2.24) is 5.32 Å². The predicted octanol–water partition coefficient (Wildman–Crippen LogP) is 11.2. The van der Waals surface area contributed by atoms with Gasteiger partial charge in [0.1, 0.15) is 23.2 Å². The van der Waals surface area contributed by atoms with Gasteiger partial charge in [-0.05, 0) is 79.3 Å². The molecule has 1 unspecified atom stereocenters. The monoisotopic (exact) mass is 627 g/mol. The molecule has 2 heterocycles. The van der Waals surface area contributed by atoms with Gasteiger partial charge >= 0.3 is 0 Å². The van der Waals surface area contributed by atoms with Crippen LogP contribution in [0.2, 0.25) is 0 Å². The van der Waals surface area contributed by atoms with Crippen LogP contribution in [0.3, 0.4) is 0 Å². The van der Waals surface area contributed by atoms with Crippen molar-refractivity contribution >= 4 is 65.9 Å². The Labute approximate surface area is 282 Å². The minimum absolute atomic E-state index is 0.308. The fourth-order valence-corrected chi connectivity index (χ4v) is 7.24. The van der Waals surface area contributed by atoms with Crippen LogP contribution in [0.25, 0.3) is 65.4 Å². The van der Waals surface area contributed by atoms with Gasteiger partial charge in [0.2, 0.25) is 0 Å². The van der Waals surface area contributed by atoms with E-state index >= 15 is 0 Å². The summed E-state index contributed by atoms with van der Waals surface area (Å²) in [6, 6.07) is 57.6. The van der Waals surface area contributed by atoms with Crippen LogP contribution in [0.15, 0.2) is 178 Å². The highest BCUT2D eigenvalue weighted by atomic mass is 16.3. The van der Waals surface area contributed by atoms with Crippen molar-refractivity contribution in [2.75, 3.05) is 0 Å². The third kappa shape index (κ3) is 4.68. The van der Waals surface area contributed by atoms with E-state index in [4.69, 9.17) is 14.4 Å². The van der Waals surface area contributed by atoms with E-state index in [1.165, 1.54) is 32.3 Å². The van der Waals surface area contributed by atoms with E-state index in [9.17, 15) is 0 Å². The highest BCUT2D eigenvalue weighted by Gasteiger charge is 2.24. The predicted molar refractivity (Wildman–Crippen MR) is 204 cm³/mol. The molecule has 0 amide bonds. The molecule has 0 fully saturated rings. The van der Waals surface area contributed by atoms with Gasteiger partial charge < -0.3 is 9.73 Å². The molecule has 0 saturated carbocycles. The van der Waals surface area contributed by atoms with E-state index in [1.54, 1.807) is 0 Å². The Morgan fingerprint density at radius 1 is 0.469 bits per heavy atom. The molecule has 49 heavy (non-hydrogen) atoms. The van der Waals surface area contributed by atoms with E-state index in [-0.39, 0.29) is 6.17 Å². The molecule has 9 aromatic rings. The van der Waals surface area contributed by atoms with Crippen LogP contribution in [0.4, 0.5) is 0 Å². The lowest BCUT2D eigenvalue weighted by Crippen LogP contribution is -2.33. The van der Waals surface area contributed by atoms with Gasteiger partial charge in [-0.25, -0.2) is 9.98 Å². The molecule has 0 spiro atoms. The first-order chi connectivity index (χ1) is 24.2. The van der Waals surface area contributed by atoms with Crippen LogP contribution in [0.5, 0.6) is 0 Å². The number of nitrogens with zero attached hydrogens (tertiary/aromatic N) is 2. The molecule has 1 aliphatic heterocycles. The summed E-state index contributed by atoms with van der Waals surface area (Å²) >= 11 is 0. The molecule has 0 saturated heterocycles. The largest absolute Gasteiger partial charge is 0.456 e. The van der Waals surface area contributed by atoms with Crippen LogP contribution in [0.1, 0.15) is 22.9 Å². The zero-order chi connectivity index (χ0) is 32.3. The first-order valence-electron chi connectivity index (χ1n) is 16.6. The topological polar surface area (TPSA) is 49.9 Å². The zero-order valence-corrected chi connectivity index (χ0v) is 26.5. The van der Waals surface area contributed by atoms with Crippen LogP contribution in [-0.4, -0.2) is 11.7 Å². The zero-order valence-electron chi connectivity index (χ0n) is 26.5. The summed E-state index contributed by atoms with van der Waals surface area (Å²) in [7, 11) is 0. The molecule has 0 aliphatic carbocycles. The molecular formula is C45H29N3O. The lowest BCUT2D eigenvalue weighted by molar-refractivity contribution is 0.668. The van der Waals surface area contributed by atoms with Crippen molar-refractivity contribution in [1.29, 1.82) is 0 Å². The van der Waals surface area contributed by atoms with Gasteiger partial charge in [-0.2, -0.15) is 0 Å².